The molecular formula is C42H55N5O9. The molecule has 1 amide bonds. The molecule has 14 nitrogen and oxygen atoms in total. The van der Waals surface area contributed by atoms with Crippen molar-refractivity contribution in [2.24, 2.45) is 0 Å². The number of rotatable bonds is 22. The van der Waals surface area contributed by atoms with Crippen LogP contribution >= 0.6 is 0 Å². The summed E-state index contributed by atoms with van der Waals surface area (Å²) in [6.07, 6.45) is 20.9. The summed E-state index contributed by atoms with van der Waals surface area (Å²) in [7, 11) is 0. The number of hydrogen-bond acceptors (Lipinski definition) is 12. The fraction of sp³-hybridized carbons (Fsp3) is 0.595. The number of fused-ring (bicyclic) bond motifs is 1. The Bertz CT molecular complexity index is 1860. The van der Waals surface area contributed by atoms with Crippen LogP contribution in [0.4, 0.5) is 5.82 Å². The molecule has 302 valence electrons. The lowest BCUT2D eigenvalue weighted by atomic mass is 9.99. The summed E-state index contributed by atoms with van der Waals surface area (Å²) >= 11 is 0. The molecule has 3 aromatic rings. The number of amides is 1. The minimum Gasteiger partial charge on any atom is -0.461 e. The SMILES string of the molecule is C#C[C@]1(COC(=O)c2ccccc2COC(=O)CCCCCCCCCCCCCCC)O[C@@H](n2cnc3c(NC(=O)[C@H]4CCC(=O)O4)nc(C)nc32)C[C@@H]1O. The van der Waals surface area contributed by atoms with Crippen LogP contribution in [0.15, 0.2) is 30.6 Å². The number of aliphatic hydroxyl groups excluding tert-OH is 1. The van der Waals surface area contributed by atoms with E-state index in [9.17, 15) is 24.3 Å². The van der Waals surface area contributed by atoms with E-state index in [0.717, 1.165) is 19.3 Å². The molecule has 0 saturated carbocycles. The number of nitrogens with one attached hydrogen (secondary N) is 1. The average molecular weight is 774 g/mol. The normalized spacial score (nSPS) is 20.5. The van der Waals surface area contributed by atoms with Gasteiger partial charge >= 0.3 is 17.9 Å². The number of unbranched alkanes of at least 4 members (excludes halogenated alkanes) is 12. The molecule has 2 aliphatic rings. The van der Waals surface area contributed by atoms with E-state index >= 15 is 0 Å². The number of imidazole rings is 1. The first-order chi connectivity index (χ1) is 27.1. The van der Waals surface area contributed by atoms with Crippen LogP contribution < -0.4 is 5.32 Å². The minimum atomic E-state index is -1.70. The second-order valence-electron chi connectivity index (χ2n) is 14.7. The first-order valence-electron chi connectivity index (χ1n) is 20.1. The highest BCUT2D eigenvalue weighted by atomic mass is 16.6. The summed E-state index contributed by atoms with van der Waals surface area (Å²) in [5, 5.41) is 13.8. The summed E-state index contributed by atoms with van der Waals surface area (Å²) in [4.78, 5) is 63.3. The van der Waals surface area contributed by atoms with E-state index in [1.165, 1.54) is 70.5 Å². The zero-order valence-corrected chi connectivity index (χ0v) is 32.6. The van der Waals surface area contributed by atoms with Crippen LogP contribution in [-0.4, -0.2) is 72.9 Å². The lowest BCUT2D eigenvalue weighted by molar-refractivity contribution is -0.146. The van der Waals surface area contributed by atoms with Crippen molar-refractivity contribution in [1.29, 1.82) is 0 Å². The van der Waals surface area contributed by atoms with Gasteiger partial charge in [-0.3, -0.25) is 19.0 Å². The van der Waals surface area contributed by atoms with Gasteiger partial charge in [0.1, 0.15) is 31.4 Å². The van der Waals surface area contributed by atoms with E-state index in [0.29, 0.717) is 23.5 Å². The molecule has 0 spiro atoms. The minimum absolute atomic E-state index is 0.0156. The second-order valence-corrected chi connectivity index (χ2v) is 14.7. The third-order valence-electron chi connectivity index (χ3n) is 10.3. The molecule has 4 atom stereocenters. The molecule has 56 heavy (non-hydrogen) atoms. The van der Waals surface area contributed by atoms with Gasteiger partial charge in [0, 0.05) is 31.2 Å². The molecule has 0 unspecified atom stereocenters. The van der Waals surface area contributed by atoms with Crippen LogP contribution in [0, 0.1) is 19.3 Å². The Balaban J connectivity index is 1.08. The average Bonchev–Trinajstić information content (AvgIpc) is 3.91. The van der Waals surface area contributed by atoms with Gasteiger partial charge in [-0.2, -0.15) is 0 Å². The number of ether oxygens (including phenoxy) is 4. The molecule has 0 aliphatic carbocycles. The van der Waals surface area contributed by atoms with Crippen molar-refractivity contribution in [2.45, 2.75) is 154 Å². The largest absolute Gasteiger partial charge is 0.461 e. The van der Waals surface area contributed by atoms with E-state index in [4.69, 9.17) is 25.4 Å². The van der Waals surface area contributed by atoms with Crippen LogP contribution in [0.3, 0.4) is 0 Å². The maximum absolute atomic E-state index is 13.3. The van der Waals surface area contributed by atoms with E-state index in [1.54, 1.807) is 35.8 Å². The summed E-state index contributed by atoms with van der Waals surface area (Å²) in [6.45, 7) is 3.33. The van der Waals surface area contributed by atoms with Crippen molar-refractivity contribution < 1.29 is 43.2 Å². The molecule has 1 aromatic carbocycles. The quantitative estimate of drug-likeness (QED) is 0.0472. The Hall–Kier alpha value is -4.87. The molecule has 14 heteroatoms. The van der Waals surface area contributed by atoms with Crippen molar-refractivity contribution in [3.63, 3.8) is 0 Å². The molecule has 2 aromatic heterocycles. The molecular weight excluding hydrogens is 718 g/mol. The Morgan fingerprint density at radius 1 is 1.00 bits per heavy atom. The zero-order chi connectivity index (χ0) is 39.9. The highest BCUT2D eigenvalue weighted by molar-refractivity contribution is 6.00. The number of anilines is 1. The van der Waals surface area contributed by atoms with Gasteiger partial charge in [-0.05, 0) is 19.4 Å². The van der Waals surface area contributed by atoms with Crippen LogP contribution in [0.2, 0.25) is 0 Å². The van der Waals surface area contributed by atoms with Gasteiger partial charge in [0.15, 0.2) is 28.7 Å². The first-order valence-corrected chi connectivity index (χ1v) is 20.1. The van der Waals surface area contributed by atoms with Crippen molar-refractivity contribution in [3.8, 4) is 12.3 Å². The number of aromatic nitrogens is 4. The number of carbonyl (C=O) groups is 4. The number of benzene rings is 1. The van der Waals surface area contributed by atoms with Gasteiger partial charge in [-0.15, -0.1) is 6.42 Å². The van der Waals surface area contributed by atoms with E-state index in [1.807, 2.05) is 0 Å². The number of terminal acetylenes is 1. The molecule has 2 fully saturated rings. The number of carbonyl (C=O) groups excluding carboxylic acids is 4. The van der Waals surface area contributed by atoms with Crippen molar-refractivity contribution in [2.75, 3.05) is 11.9 Å². The maximum atomic E-state index is 13.3. The molecule has 0 bridgehead atoms. The number of esters is 3. The topological polar surface area (TPSA) is 181 Å². The van der Waals surface area contributed by atoms with Gasteiger partial charge in [0.25, 0.3) is 5.91 Å². The Labute approximate surface area is 328 Å². The fourth-order valence-corrected chi connectivity index (χ4v) is 7.07. The van der Waals surface area contributed by atoms with Crippen molar-refractivity contribution in [3.05, 3.63) is 47.5 Å². The Morgan fingerprint density at radius 2 is 1.68 bits per heavy atom. The second kappa shape index (κ2) is 20.9. The summed E-state index contributed by atoms with van der Waals surface area (Å²) in [5.41, 5.74) is -0.469. The zero-order valence-electron chi connectivity index (χ0n) is 32.6. The highest BCUT2D eigenvalue weighted by Gasteiger charge is 2.49. The molecule has 0 radical (unpaired) electrons. The third kappa shape index (κ3) is 11.4. The monoisotopic (exact) mass is 773 g/mol. The Morgan fingerprint density at radius 3 is 2.34 bits per heavy atom. The first kappa shape index (κ1) is 42.3. The van der Waals surface area contributed by atoms with Crippen molar-refractivity contribution in [1.82, 2.24) is 19.5 Å². The highest BCUT2D eigenvalue weighted by Crippen LogP contribution is 2.39. The number of hydrogen-bond donors (Lipinski definition) is 2. The lowest BCUT2D eigenvalue weighted by Gasteiger charge is -2.26. The van der Waals surface area contributed by atoms with Gasteiger partial charge in [-0.25, -0.2) is 19.7 Å². The Kier molecular flexibility index (Phi) is 15.8. The summed E-state index contributed by atoms with van der Waals surface area (Å²) in [5.74, 6) is 0.905. The van der Waals surface area contributed by atoms with Gasteiger partial charge in [0.2, 0.25) is 0 Å². The number of aliphatic hydroxyl groups is 1. The maximum Gasteiger partial charge on any atom is 0.338 e. The fourth-order valence-electron chi connectivity index (χ4n) is 7.07. The smallest absolute Gasteiger partial charge is 0.338 e. The van der Waals surface area contributed by atoms with E-state index < -0.39 is 48.5 Å². The van der Waals surface area contributed by atoms with Crippen LogP contribution in [0.5, 0.6) is 0 Å². The van der Waals surface area contributed by atoms with Crippen LogP contribution in [-0.2, 0) is 39.9 Å². The summed E-state index contributed by atoms with van der Waals surface area (Å²) in [6, 6.07) is 6.68. The van der Waals surface area contributed by atoms with Crippen molar-refractivity contribution >= 4 is 40.8 Å². The van der Waals surface area contributed by atoms with Gasteiger partial charge in [0.05, 0.1) is 11.9 Å². The molecule has 2 aliphatic heterocycles. The molecule has 2 saturated heterocycles. The third-order valence-corrected chi connectivity index (χ3v) is 10.3. The predicted octanol–water partition coefficient (Wildman–Crippen LogP) is 6.81. The van der Waals surface area contributed by atoms with E-state index in [-0.39, 0.29) is 48.7 Å². The van der Waals surface area contributed by atoms with Gasteiger partial charge in [-0.1, -0.05) is 108 Å². The molecule has 4 heterocycles. The predicted molar refractivity (Wildman–Crippen MR) is 207 cm³/mol. The van der Waals surface area contributed by atoms with Gasteiger partial charge < -0.3 is 29.4 Å². The lowest BCUT2D eigenvalue weighted by Crippen LogP contribution is -2.43. The number of aryl methyl sites for hydroxylation is 1. The summed E-state index contributed by atoms with van der Waals surface area (Å²) < 4.78 is 24.0. The number of nitrogens with zero attached hydrogens (tertiary/aromatic N) is 4. The molecule has 5 rings (SSSR count). The van der Waals surface area contributed by atoms with Crippen LogP contribution in [0.25, 0.3) is 11.2 Å². The standard InChI is InChI=1S/C42H55N5O9/c1-4-6-7-8-9-10-11-12-13-14-15-16-17-22-35(49)53-26-30-20-18-19-21-31(30)41(52)54-27-42(5-2)33(48)25-34(56-42)47-28-43-37-38(44-29(3)45-39(37)47)46-40(51)32-23-24-36(50)55-32/h2,18-21,28,32-34,48H,4,6-17,22-27H2,1,3H3,(H,44,45,46,51)/t32-,33+,34-,42-/m1/s1. The van der Waals surface area contributed by atoms with E-state index in [2.05, 4.69) is 33.1 Å². The molecule has 2 N–H and O–H groups in total. The number of cyclic esters (lactones) is 1. The van der Waals surface area contributed by atoms with Crippen LogP contribution in [0.1, 0.15) is 144 Å².